The Bertz CT molecular complexity index is 780. The van der Waals surface area contributed by atoms with Crippen molar-refractivity contribution in [2.45, 2.75) is 64.9 Å². The molecule has 0 spiro atoms. The van der Waals surface area contributed by atoms with Gasteiger partial charge in [0.15, 0.2) is 11.5 Å². The van der Waals surface area contributed by atoms with Crippen LogP contribution in [0.3, 0.4) is 0 Å². The second kappa shape index (κ2) is 5.99. The van der Waals surface area contributed by atoms with E-state index in [9.17, 15) is 18.3 Å². The van der Waals surface area contributed by atoms with Gasteiger partial charge in [0.25, 0.3) is 0 Å². The fourth-order valence-electron chi connectivity index (χ4n) is 3.16. The fraction of sp³-hybridized carbons (Fsp3) is 0.611. The summed E-state index contributed by atoms with van der Waals surface area (Å²) in [5.41, 5.74) is -0.562. The highest BCUT2D eigenvalue weighted by atomic mass is 19.4. The third-order valence-electron chi connectivity index (χ3n) is 5.13. The summed E-state index contributed by atoms with van der Waals surface area (Å²) in [7, 11) is 0. The molecule has 0 amide bonds. The average molecular weight is 356 g/mol. The van der Waals surface area contributed by atoms with Crippen molar-refractivity contribution in [2.24, 2.45) is 5.41 Å². The largest absolute Gasteiger partial charge is 0.440 e. The molecule has 0 radical (unpaired) electrons. The number of nitrogens with zero attached hydrogens (tertiary/aromatic N) is 1. The molecule has 3 rings (SSSR count). The molecule has 1 aromatic carbocycles. The summed E-state index contributed by atoms with van der Waals surface area (Å²) >= 11 is 0. The van der Waals surface area contributed by atoms with E-state index >= 15 is 0 Å². The molecule has 1 fully saturated rings. The molecule has 2 N–H and O–H groups in total. The predicted molar refractivity (Wildman–Crippen MR) is 88.1 cm³/mol. The van der Waals surface area contributed by atoms with E-state index in [2.05, 4.69) is 10.3 Å². The maximum atomic E-state index is 13.4. The van der Waals surface area contributed by atoms with E-state index in [0.29, 0.717) is 17.9 Å². The van der Waals surface area contributed by atoms with Crippen LogP contribution in [-0.4, -0.2) is 22.2 Å². The van der Waals surface area contributed by atoms with Gasteiger partial charge in [-0.15, -0.1) is 0 Å². The number of benzene rings is 1. The number of oxazole rings is 1. The molecular formula is C18H23F3N2O2. The molecule has 1 aromatic heterocycles. The molecule has 7 heteroatoms. The van der Waals surface area contributed by atoms with E-state index in [1.165, 1.54) is 0 Å². The number of rotatable bonds is 4. The van der Waals surface area contributed by atoms with Gasteiger partial charge < -0.3 is 14.8 Å². The fourth-order valence-corrected chi connectivity index (χ4v) is 3.16. The van der Waals surface area contributed by atoms with Crippen LogP contribution in [0.1, 0.15) is 57.1 Å². The van der Waals surface area contributed by atoms with Crippen LogP contribution in [0.2, 0.25) is 0 Å². The molecule has 2 atom stereocenters. The van der Waals surface area contributed by atoms with Gasteiger partial charge in [0.1, 0.15) is 11.1 Å². The van der Waals surface area contributed by atoms with E-state index < -0.39 is 11.7 Å². The first-order valence-electron chi connectivity index (χ1n) is 8.42. The highest BCUT2D eigenvalue weighted by molar-refractivity contribution is 5.78. The van der Waals surface area contributed by atoms with Gasteiger partial charge in [0.05, 0.1) is 6.10 Å². The lowest BCUT2D eigenvalue weighted by molar-refractivity contribution is -0.136. The Morgan fingerprint density at radius 2 is 2.04 bits per heavy atom. The lowest BCUT2D eigenvalue weighted by atomic mass is 9.64. The minimum atomic E-state index is -4.51. The van der Waals surface area contributed by atoms with E-state index in [0.717, 1.165) is 6.07 Å². The monoisotopic (exact) mass is 356 g/mol. The number of halogens is 3. The third kappa shape index (κ3) is 3.27. The van der Waals surface area contributed by atoms with Gasteiger partial charge in [-0.05, 0) is 24.1 Å². The number of aliphatic hydroxyl groups excluding tert-OH is 1. The Morgan fingerprint density at radius 1 is 1.36 bits per heavy atom. The van der Waals surface area contributed by atoms with Crippen molar-refractivity contribution in [3.05, 3.63) is 29.2 Å². The number of aromatic nitrogens is 1. The number of nitrogens with one attached hydrogen (secondary N) is 1. The van der Waals surface area contributed by atoms with Crippen LogP contribution in [0.15, 0.2) is 16.5 Å². The SMILES string of the molecule is CC(C)c1nc2cc(CN[C@@H]3C[C@@H](O)C3(C)C)cc(C(F)(F)F)c2o1. The van der Waals surface area contributed by atoms with Crippen molar-refractivity contribution >= 4 is 11.1 Å². The molecule has 0 aliphatic heterocycles. The zero-order valence-electron chi connectivity index (χ0n) is 14.7. The van der Waals surface area contributed by atoms with Crippen molar-refractivity contribution < 1.29 is 22.7 Å². The average Bonchev–Trinajstić information content (AvgIpc) is 2.93. The number of aliphatic hydroxyl groups is 1. The van der Waals surface area contributed by atoms with Crippen molar-refractivity contribution in [3.63, 3.8) is 0 Å². The van der Waals surface area contributed by atoms with Gasteiger partial charge in [-0.1, -0.05) is 27.7 Å². The number of hydrogen-bond acceptors (Lipinski definition) is 4. The summed E-state index contributed by atoms with van der Waals surface area (Å²) in [5.74, 6) is 0.209. The molecule has 0 unspecified atom stereocenters. The summed E-state index contributed by atoms with van der Waals surface area (Å²) < 4.78 is 45.6. The van der Waals surface area contributed by atoms with E-state index in [1.54, 1.807) is 6.07 Å². The molecule has 138 valence electrons. The molecule has 25 heavy (non-hydrogen) atoms. The second-order valence-corrected chi connectivity index (χ2v) is 7.70. The van der Waals surface area contributed by atoms with E-state index in [1.807, 2.05) is 27.7 Å². The number of hydrogen-bond donors (Lipinski definition) is 2. The van der Waals surface area contributed by atoms with Crippen LogP contribution in [0, 0.1) is 5.41 Å². The topological polar surface area (TPSA) is 58.3 Å². The summed E-state index contributed by atoms with van der Waals surface area (Å²) in [6, 6.07) is 2.82. The standard InChI is InChI=1S/C18H23F3N2O2/c1-9(2)16-23-12-6-10(5-11(15(12)25-16)18(19,20)21)8-22-13-7-14(24)17(13,3)4/h5-6,9,13-14,22,24H,7-8H2,1-4H3/t13-,14-/m1/s1. The molecule has 1 heterocycles. The van der Waals surface area contributed by atoms with Gasteiger partial charge in [-0.25, -0.2) is 4.98 Å². The van der Waals surface area contributed by atoms with Crippen molar-refractivity contribution in [1.82, 2.24) is 10.3 Å². The van der Waals surface area contributed by atoms with Crippen LogP contribution in [0.4, 0.5) is 13.2 Å². The highest BCUT2D eigenvalue weighted by Gasteiger charge is 2.46. The maximum Gasteiger partial charge on any atom is 0.420 e. The van der Waals surface area contributed by atoms with Gasteiger partial charge in [-0.3, -0.25) is 0 Å². The van der Waals surface area contributed by atoms with Crippen LogP contribution in [-0.2, 0) is 12.7 Å². The van der Waals surface area contributed by atoms with E-state index in [-0.39, 0.29) is 41.1 Å². The van der Waals surface area contributed by atoms with Crippen LogP contribution < -0.4 is 5.32 Å². The first kappa shape index (κ1) is 18.2. The maximum absolute atomic E-state index is 13.4. The Balaban J connectivity index is 1.91. The molecule has 1 aliphatic carbocycles. The van der Waals surface area contributed by atoms with Gasteiger partial charge in [-0.2, -0.15) is 13.2 Å². The van der Waals surface area contributed by atoms with Crippen molar-refractivity contribution in [1.29, 1.82) is 0 Å². The summed E-state index contributed by atoms with van der Waals surface area (Å²) in [6.07, 6.45) is -4.29. The van der Waals surface area contributed by atoms with E-state index in [4.69, 9.17) is 4.42 Å². The number of fused-ring (bicyclic) bond motifs is 1. The molecular weight excluding hydrogens is 333 g/mol. The smallest absolute Gasteiger partial charge is 0.420 e. The minimum Gasteiger partial charge on any atom is -0.440 e. The summed E-state index contributed by atoms with van der Waals surface area (Å²) in [5, 5.41) is 13.0. The Kier molecular flexibility index (Phi) is 4.36. The molecule has 1 saturated carbocycles. The zero-order valence-corrected chi connectivity index (χ0v) is 14.7. The Labute approximate surface area is 144 Å². The summed E-state index contributed by atoms with van der Waals surface area (Å²) in [6.45, 7) is 7.81. The van der Waals surface area contributed by atoms with Crippen LogP contribution in [0.5, 0.6) is 0 Å². The lowest BCUT2D eigenvalue weighted by Gasteiger charge is -2.49. The molecule has 4 nitrogen and oxygen atoms in total. The van der Waals surface area contributed by atoms with Crippen LogP contribution >= 0.6 is 0 Å². The number of alkyl halides is 3. The predicted octanol–water partition coefficient (Wildman–Crippen LogP) is 4.22. The third-order valence-corrected chi connectivity index (χ3v) is 5.13. The van der Waals surface area contributed by atoms with Crippen molar-refractivity contribution in [2.75, 3.05) is 0 Å². The molecule has 2 aromatic rings. The molecule has 0 saturated heterocycles. The quantitative estimate of drug-likeness (QED) is 0.861. The summed E-state index contributed by atoms with van der Waals surface area (Å²) in [4.78, 5) is 4.21. The first-order valence-corrected chi connectivity index (χ1v) is 8.42. The normalized spacial score (nSPS) is 23.2. The van der Waals surface area contributed by atoms with Gasteiger partial charge in [0, 0.05) is 23.9 Å². The van der Waals surface area contributed by atoms with Crippen LogP contribution in [0.25, 0.3) is 11.1 Å². The molecule has 0 bridgehead atoms. The lowest BCUT2D eigenvalue weighted by Crippen LogP contribution is -2.59. The zero-order chi connectivity index (χ0) is 18.6. The Morgan fingerprint density at radius 3 is 2.56 bits per heavy atom. The minimum absolute atomic E-state index is 0.0658. The second-order valence-electron chi connectivity index (χ2n) is 7.70. The van der Waals surface area contributed by atoms with Crippen molar-refractivity contribution in [3.8, 4) is 0 Å². The van der Waals surface area contributed by atoms with Gasteiger partial charge in [0.2, 0.25) is 0 Å². The highest BCUT2D eigenvalue weighted by Crippen LogP contribution is 2.41. The Hall–Kier alpha value is -1.60. The van der Waals surface area contributed by atoms with Gasteiger partial charge >= 0.3 is 6.18 Å². The first-order chi connectivity index (χ1) is 11.5. The molecule has 1 aliphatic rings.